The molecule has 31 heavy (non-hydrogen) atoms. The van der Waals surface area contributed by atoms with Gasteiger partial charge in [-0.3, -0.25) is 10.1 Å². The van der Waals surface area contributed by atoms with E-state index < -0.39 is 23.6 Å². The van der Waals surface area contributed by atoms with Crippen molar-refractivity contribution in [3.05, 3.63) is 64.1 Å². The van der Waals surface area contributed by atoms with E-state index in [2.05, 4.69) is 20.6 Å². The van der Waals surface area contributed by atoms with Crippen LogP contribution in [-0.2, 0) is 4.57 Å². The maximum absolute atomic E-state index is 13.9. The Hall–Kier alpha value is -3.52. The van der Waals surface area contributed by atoms with Crippen LogP contribution >= 0.6 is 7.14 Å². The third-order valence-corrected chi connectivity index (χ3v) is 5.97. The van der Waals surface area contributed by atoms with Gasteiger partial charge in [0.25, 0.3) is 0 Å². The molecule has 0 spiro atoms. The minimum Gasteiger partial charge on any atom is -0.494 e. The van der Waals surface area contributed by atoms with Crippen LogP contribution in [-0.4, -0.2) is 35.3 Å². The number of nitrogens with zero attached hydrogens (tertiary/aromatic N) is 3. The second-order valence-corrected chi connectivity index (χ2v) is 10.3. The lowest BCUT2D eigenvalue weighted by molar-refractivity contribution is -0.387. The molecule has 0 amide bonds. The van der Waals surface area contributed by atoms with Crippen molar-refractivity contribution in [1.82, 2.24) is 9.97 Å². The van der Waals surface area contributed by atoms with Crippen LogP contribution in [0.3, 0.4) is 0 Å². The number of nitro groups is 1. The number of rotatable bonds is 7. The van der Waals surface area contributed by atoms with Crippen LogP contribution in [0.2, 0.25) is 0 Å². The standard InChI is InChI=1S/C20H21FN5O4P/c1-12-11-22-20(24-15-10-16(26(27)28)13(21)9-17(15)30-2)25-19(12)23-14-7-5-6-8-18(14)31(3,4)29/h5-11H,1-4H3,(H2,22,23,24,25). The molecule has 2 aromatic carbocycles. The molecule has 3 rings (SSSR count). The molecule has 1 aromatic heterocycles. The monoisotopic (exact) mass is 445 g/mol. The van der Waals surface area contributed by atoms with Gasteiger partial charge in [-0.05, 0) is 32.4 Å². The molecule has 11 heteroatoms. The van der Waals surface area contributed by atoms with Gasteiger partial charge in [0.1, 0.15) is 18.7 Å². The second-order valence-electron chi connectivity index (χ2n) is 7.10. The summed E-state index contributed by atoms with van der Waals surface area (Å²) >= 11 is 0. The average molecular weight is 445 g/mol. The first-order chi connectivity index (χ1) is 14.6. The maximum Gasteiger partial charge on any atom is 0.307 e. The van der Waals surface area contributed by atoms with Gasteiger partial charge in [0.2, 0.25) is 11.8 Å². The van der Waals surface area contributed by atoms with Crippen molar-refractivity contribution in [1.29, 1.82) is 0 Å². The highest BCUT2D eigenvalue weighted by Gasteiger charge is 2.20. The summed E-state index contributed by atoms with van der Waals surface area (Å²) in [4.78, 5) is 18.8. The van der Waals surface area contributed by atoms with Crippen molar-refractivity contribution in [2.45, 2.75) is 6.92 Å². The lowest BCUT2D eigenvalue weighted by atomic mass is 10.2. The molecule has 1 heterocycles. The van der Waals surface area contributed by atoms with Gasteiger partial charge in [-0.15, -0.1) is 0 Å². The molecule has 0 radical (unpaired) electrons. The molecule has 0 atom stereocenters. The Morgan fingerprint density at radius 1 is 1.16 bits per heavy atom. The van der Waals surface area contributed by atoms with Gasteiger partial charge in [0, 0.05) is 29.2 Å². The highest BCUT2D eigenvalue weighted by molar-refractivity contribution is 7.70. The summed E-state index contributed by atoms with van der Waals surface area (Å²) < 4.78 is 31.6. The number of halogens is 1. The summed E-state index contributed by atoms with van der Waals surface area (Å²) in [7, 11) is -1.22. The number of hydrogen-bond acceptors (Lipinski definition) is 8. The molecule has 2 N–H and O–H groups in total. The summed E-state index contributed by atoms with van der Waals surface area (Å²) in [5, 5.41) is 17.8. The quantitative estimate of drug-likeness (QED) is 0.308. The van der Waals surface area contributed by atoms with Crippen LogP contribution < -0.4 is 20.7 Å². The van der Waals surface area contributed by atoms with E-state index in [1.54, 1.807) is 38.6 Å². The van der Waals surface area contributed by atoms with Crippen LogP contribution in [0.5, 0.6) is 5.75 Å². The average Bonchev–Trinajstić information content (AvgIpc) is 2.70. The summed E-state index contributed by atoms with van der Waals surface area (Å²) in [6.07, 6.45) is 1.56. The predicted octanol–water partition coefficient (Wildman–Crippen LogP) is 4.58. The zero-order valence-electron chi connectivity index (χ0n) is 17.3. The third kappa shape index (κ3) is 4.97. The smallest absolute Gasteiger partial charge is 0.307 e. The molecule has 0 fully saturated rings. The largest absolute Gasteiger partial charge is 0.494 e. The lowest BCUT2D eigenvalue weighted by Gasteiger charge is -2.16. The van der Waals surface area contributed by atoms with E-state index in [0.29, 0.717) is 16.8 Å². The van der Waals surface area contributed by atoms with Crippen LogP contribution in [0, 0.1) is 22.9 Å². The first kappa shape index (κ1) is 22.2. The molecule has 0 bridgehead atoms. The van der Waals surface area contributed by atoms with Gasteiger partial charge in [0.15, 0.2) is 0 Å². The van der Waals surface area contributed by atoms with Gasteiger partial charge in [-0.2, -0.15) is 9.37 Å². The third-order valence-electron chi connectivity index (χ3n) is 4.42. The Bertz CT molecular complexity index is 1200. The summed E-state index contributed by atoms with van der Waals surface area (Å²) in [6, 6.07) is 9.17. The number of benzene rings is 2. The molecule has 162 valence electrons. The second kappa shape index (κ2) is 8.69. The molecule has 9 nitrogen and oxygen atoms in total. The van der Waals surface area contributed by atoms with Gasteiger partial charge in [-0.1, -0.05) is 12.1 Å². The Kier molecular flexibility index (Phi) is 6.21. The van der Waals surface area contributed by atoms with Gasteiger partial charge in [-0.25, -0.2) is 4.98 Å². The zero-order valence-corrected chi connectivity index (χ0v) is 18.2. The van der Waals surface area contributed by atoms with E-state index in [1.807, 2.05) is 12.1 Å². The summed E-state index contributed by atoms with van der Waals surface area (Å²) in [5.41, 5.74) is 0.805. The minimum atomic E-state index is -2.54. The fourth-order valence-corrected chi connectivity index (χ4v) is 4.03. The fourth-order valence-electron chi connectivity index (χ4n) is 2.88. The number of anilines is 4. The number of aryl methyl sites for hydroxylation is 1. The molecule has 0 aliphatic rings. The van der Waals surface area contributed by atoms with E-state index >= 15 is 0 Å². The fraction of sp³-hybridized carbons (Fsp3) is 0.200. The van der Waals surface area contributed by atoms with Crippen LogP contribution in [0.15, 0.2) is 42.6 Å². The maximum atomic E-state index is 13.9. The first-order valence-electron chi connectivity index (χ1n) is 9.14. The van der Waals surface area contributed by atoms with Crippen molar-refractivity contribution >= 4 is 41.3 Å². The Balaban J connectivity index is 1.98. The van der Waals surface area contributed by atoms with Gasteiger partial charge < -0.3 is 19.9 Å². The van der Waals surface area contributed by atoms with E-state index in [9.17, 15) is 19.1 Å². The molecular weight excluding hydrogens is 424 g/mol. The molecule has 0 saturated heterocycles. The Morgan fingerprint density at radius 3 is 2.52 bits per heavy atom. The number of hydrogen-bond donors (Lipinski definition) is 2. The van der Waals surface area contributed by atoms with Crippen molar-refractivity contribution in [2.24, 2.45) is 0 Å². The highest BCUT2D eigenvalue weighted by atomic mass is 31.2. The first-order valence-corrected chi connectivity index (χ1v) is 11.7. The Morgan fingerprint density at radius 2 is 1.87 bits per heavy atom. The molecule has 0 saturated carbocycles. The van der Waals surface area contributed by atoms with E-state index in [4.69, 9.17) is 4.74 Å². The van der Waals surface area contributed by atoms with Crippen LogP contribution in [0.4, 0.5) is 33.2 Å². The van der Waals surface area contributed by atoms with E-state index in [1.165, 1.54) is 7.11 Å². The summed E-state index contributed by atoms with van der Waals surface area (Å²) in [5.74, 6) is -0.389. The molecule has 0 aliphatic carbocycles. The zero-order chi connectivity index (χ0) is 22.8. The predicted molar refractivity (Wildman–Crippen MR) is 118 cm³/mol. The van der Waals surface area contributed by atoms with Gasteiger partial charge in [0.05, 0.1) is 23.4 Å². The molecule has 3 aromatic rings. The van der Waals surface area contributed by atoms with Crippen molar-refractivity contribution in [2.75, 3.05) is 31.1 Å². The number of para-hydroxylation sites is 1. The van der Waals surface area contributed by atoms with E-state index in [0.717, 1.165) is 17.7 Å². The molecule has 0 aliphatic heterocycles. The van der Waals surface area contributed by atoms with Crippen LogP contribution in [0.1, 0.15) is 5.56 Å². The number of aromatic nitrogens is 2. The van der Waals surface area contributed by atoms with Crippen molar-refractivity contribution < 1.29 is 18.6 Å². The van der Waals surface area contributed by atoms with Gasteiger partial charge >= 0.3 is 5.69 Å². The number of nitrogens with one attached hydrogen (secondary N) is 2. The van der Waals surface area contributed by atoms with Crippen LogP contribution in [0.25, 0.3) is 0 Å². The molecule has 0 unspecified atom stereocenters. The number of methoxy groups -OCH3 is 1. The van der Waals surface area contributed by atoms with Crippen molar-refractivity contribution in [3.8, 4) is 5.75 Å². The summed E-state index contributed by atoms with van der Waals surface area (Å²) in [6.45, 7) is 5.16. The normalized spacial score (nSPS) is 11.1. The van der Waals surface area contributed by atoms with E-state index in [-0.39, 0.29) is 17.4 Å². The SMILES string of the molecule is COc1cc(F)c([N+](=O)[O-])cc1Nc1ncc(C)c(Nc2ccccc2P(C)(C)=O)n1. The number of nitro benzene ring substituents is 1. The lowest BCUT2D eigenvalue weighted by Crippen LogP contribution is -2.11. The highest BCUT2D eigenvalue weighted by Crippen LogP contribution is 2.38. The topological polar surface area (TPSA) is 119 Å². The molecular formula is C20H21FN5O4P. The van der Waals surface area contributed by atoms with Crippen molar-refractivity contribution in [3.63, 3.8) is 0 Å². The number of ether oxygens (including phenoxy) is 1. The minimum absolute atomic E-state index is 0.0602. The Labute approximate surface area is 178 Å².